The van der Waals surface area contributed by atoms with Crippen LogP contribution in [0, 0.1) is 12.7 Å². The lowest BCUT2D eigenvalue weighted by Gasteiger charge is -2.49. The maximum Gasteiger partial charge on any atom is 0.407 e. The van der Waals surface area contributed by atoms with E-state index in [0.29, 0.717) is 17.8 Å². The maximum absolute atomic E-state index is 15.3. The highest BCUT2D eigenvalue weighted by Crippen LogP contribution is 2.59. The largest absolute Gasteiger partial charge is 0.465 e. The third-order valence-electron chi connectivity index (χ3n) is 8.34. The van der Waals surface area contributed by atoms with E-state index in [1.807, 2.05) is 58.8 Å². The molecule has 46 heavy (non-hydrogen) atoms. The first-order valence-corrected chi connectivity index (χ1v) is 16.8. The van der Waals surface area contributed by atoms with E-state index in [0.717, 1.165) is 16.7 Å². The van der Waals surface area contributed by atoms with E-state index in [9.17, 15) is 19.0 Å². The maximum atomic E-state index is 15.3. The number of benzene rings is 2. The molecule has 1 amide bonds. The predicted molar refractivity (Wildman–Crippen MR) is 184 cm³/mol. The van der Waals surface area contributed by atoms with Crippen molar-refractivity contribution in [3.63, 3.8) is 0 Å². The molecule has 1 fully saturated rings. The molecule has 1 saturated heterocycles. The van der Waals surface area contributed by atoms with Crippen LogP contribution in [-0.2, 0) is 6.54 Å². The minimum absolute atomic E-state index is 0.00464. The molecule has 11 nitrogen and oxygen atoms in total. The molecule has 2 aromatic carbocycles. The fourth-order valence-electron chi connectivity index (χ4n) is 6.27. The Hall–Kier alpha value is -3.62. The van der Waals surface area contributed by atoms with Gasteiger partial charge in [0.05, 0.1) is 27.5 Å². The van der Waals surface area contributed by atoms with Gasteiger partial charge in [-0.25, -0.2) is 18.5 Å². The number of fused-ring (bicyclic) bond motifs is 1. The summed E-state index contributed by atoms with van der Waals surface area (Å²) in [6.07, 6.45) is -1.04. The van der Waals surface area contributed by atoms with E-state index in [4.69, 9.17) is 22.3 Å². The number of aromatic nitrogens is 1. The van der Waals surface area contributed by atoms with Crippen molar-refractivity contribution >= 4 is 51.7 Å². The number of amides is 1. The van der Waals surface area contributed by atoms with E-state index in [1.165, 1.54) is 21.3 Å². The molecule has 14 heteroatoms. The lowest BCUT2D eigenvalue weighted by molar-refractivity contribution is 0.0750. The zero-order chi connectivity index (χ0) is 33.8. The van der Waals surface area contributed by atoms with Crippen molar-refractivity contribution in [2.75, 3.05) is 37.2 Å². The average Bonchev–Trinajstić information content (AvgIpc) is 2.94. The third-order valence-corrected chi connectivity index (χ3v) is 9.89. The number of rotatable bonds is 5. The van der Waals surface area contributed by atoms with Crippen LogP contribution in [0.15, 0.2) is 40.8 Å². The first kappa shape index (κ1) is 33.7. The second-order valence-corrected chi connectivity index (χ2v) is 14.6. The van der Waals surface area contributed by atoms with Gasteiger partial charge in [0.15, 0.2) is 11.7 Å². The van der Waals surface area contributed by atoms with Gasteiger partial charge >= 0.3 is 6.09 Å². The second-order valence-electron chi connectivity index (χ2n) is 12.6. The van der Waals surface area contributed by atoms with Crippen molar-refractivity contribution in [3.8, 4) is 11.3 Å². The highest BCUT2D eigenvalue weighted by molar-refractivity contribution is 8.24. The summed E-state index contributed by atoms with van der Waals surface area (Å²) in [6.45, 7) is 10.7. The topological polar surface area (TPSA) is 142 Å². The lowest BCUT2D eigenvalue weighted by Crippen LogP contribution is -2.59. The van der Waals surface area contributed by atoms with E-state index < -0.39 is 28.9 Å². The Morgan fingerprint density at radius 2 is 1.87 bits per heavy atom. The van der Waals surface area contributed by atoms with Crippen molar-refractivity contribution in [2.24, 2.45) is 4.40 Å². The molecule has 2 aliphatic rings. The second kappa shape index (κ2) is 12.5. The highest BCUT2D eigenvalue weighted by Gasteiger charge is 2.43. The van der Waals surface area contributed by atoms with Gasteiger partial charge in [-0.15, -0.1) is 4.40 Å². The molecule has 0 radical (unpaired) electrons. The normalized spacial score (nSPS) is 20.2. The number of anilines is 3. The Labute approximate surface area is 275 Å². The Kier molecular flexibility index (Phi) is 9.19. The van der Waals surface area contributed by atoms with Gasteiger partial charge in [0.25, 0.3) is 0 Å². The quantitative estimate of drug-likeness (QED) is 0.207. The van der Waals surface area contributed by atoms with Crippen LogP contribution in [0.2, 0.25) is 5.02 Å². The Morgan fingerprint density at radius 1 is 1.17 bits per heavy atom. The molecule has 2 aliphatic heterocycles. The van der Waals surface area contributed by atoms with Crippen molar-refractivity contribution in [2.45, 2.75) is 59.2 Å². The summed E-state index contributed by atoms with van der Waals surface area (Å²) in [5.74, 6) is -0.320. The number of nitrogen functional groups attached to an aromatic ring is 1. The van der Waals surface area contributed by atoms with Gasteiger partial charge in [0.1, 0.15) is 5.82 Å². The van der Waals surface area contributed by atoms with Crippen LogP contribution in [0.4, 0.5) is 26.4 Å². The zero-order valence-corrected chi connectivity index (χ0v) is 28.6. The number of pyridine rings is 1. The van der Waals surface area contributed by atoms with Crippen LogP contribution in [-0.4, -0.2) is 85.1 Å². The molecule has 0 spiro atoms. The molecule has 3 heterocycles. The molecule has 248 valence electrons. The summed E-state index contributed by atoms with van der Waals surface area (Å²) < 4.78 is 45.2. The van der Waals surface area contributed by atoms with Crippen LogP contribution < -0.4 is 10.0 Å². The van der Waals surface area contributed by atoms with Gasteiger partial charge in [0.2, 0.25) is 0 Å². The van der Waals surface area contributed by atoms with Crippen LogP contribution in [0.1, 0.15) is 55.9 Å². The number of nitrogens with two attached hydrogens (primary N) is 1. The van der Waals surface area contributed by atoms with Crippen LogP contribution in [0.25, 0.3) is 11.3 Å². The monoisotopic (exact) mass is 673 g/mol. The van der Waals surface area contributed by atoms with E-state index in [-0.39, 0.29) is 58.7 Å². The number of carbonyl (C=O) groups is 1. The van der Waals surface area contributed by atoms with Crippen molar-refractivity contribution in [1.82, 2.24) is 19.7 Å². The average molecular weight is 674 g/mol. The van der Waals surface area contributed by atoms with Gasteiger partial charge in [0, 0.05) is 37.4 Å². The fourth-order valence-corrected chi connectivity index (χ4v) is 7.90. The summed E-state index contributed by atoms with van der Waals surface area (Å²) in [4.78, 5) is 22.0. The van der Waals surface area contributed by atoms with Gasteiger partial charge in [-0.05, 0) is 86.6 Å². The van der Waals surface area contributed by atoms with Gasteiger partial charge in [-0.1, -0.05) is 43.6 Å². The smallest absolute Gasteiger partial charge is 0.407 e. The minimum Gasteiger partial charge on any atom is -0.465 e. The van der Waals surface area contributed by atoms with Crippen LogP contribution in [0.3, 0.4) is 0 Å². The molecule has 0 unspecified atom stereocenters. The first-order valence-electron chi connectivity index (χ1n) is 15.0. The SMILES string of the molecule is Cc1cc(CN(C)C)cc(C(C)C)c1N1c2nc(-c3c(N)cccc3F)c(Cl)cc2C(N2C[C@@H](C)N(C(=O)O)C[C@@H]2C)=NS1(O)O. The van der Waals surface area contributed by atoms with Crippen LogP contribution in [0.5, 0.6) is 0 Å². The molecule has 5 rings (SSSR count). The Bertz CT molecular complexity index is 1700. The molecule has 0 saturated carbocycles. The third kappa shape index (κ3) is 6.09. The van der Waals surface area contributed by atoms with Gasteiger partial charge in [-0.3, -0.25) is 9.11 Å². The van der Waals surface area contributed by atoms with Crippen molar-refractivity contribution < 1.29 is 23.4 Å². The standard InChI is InChI=1S/C32H41ClFN7O4S/c1-17(2)22-12-21(16-38(6)7)11-18(3)29(22)41-30-23(13-24(33)28(36-30)27-25(34)9-8-10-26(27)35)31(37-46(41,44)45)39-14-20(5)40(32(42)43)15-19(39)4/h8-13,17,19-20,44-45H,14-16,35H2,1-7H3,(H,42,43)/t19-,20+/m0/s1. The van der Waals surface area contributed by atoms with E-state index >= 15 is 4.39 Å². The summed E-state index contributed by atoms with van der Waals surface area (Å²) in [5.41, 5.74) is 9.98. The number of carboxylic acid groups (broad SMARTS) is 1. The molecule has 5 N–H and O–H groups in total. The minimum atomic E-state index is -4.00. The Balaban J connectivity index is 1.80. The number of hydrogen-bond acceptors (Lipinski definition) is 9. The number of aryl methyl sites for hydroxylation is 1. The number of piperazine rings is 1. The summed E-state index contributed by atoms with van der Waals surface area (Å²) >= 11 is 6.84. The van der Waals surface area contributed by atoms with Gasteiger partial charge in [-0.2, -0.15) is 0 Å². The number of halogens is 2. The molecular weight excluding hydrogens is 633 g/mol. The molecule has 1 aromatic heterocycles. The number of nitrogens with zero attached hydrogens (tertiary/aromatic N) is 6. The molecule has 3 aromatic rings. The molecule has 2 atom stereocenters. The Morgan fingerprint density at radius 3 is 2.48 bits per heavy atom. The van der Waals surface area contributed by atoms with E-state index in [2.05, 4.69) is 9.30 Å². The molecular formula is C32H41ClFN7O4S. The van der Waals surface area contributed by atoms with Crippen molar-refractivity contribution in [3.05, 3.63) is 69.5 Å². The van der Waals surface area contributed by atoms with Crippen molar-refractivity contribution in [1.29, 1.82) is 0 Å². The first-order chi connectivity index (χ1) is 21.5. The summed E-state index contributed by atoms with van der Waals surface area (Å²) in [5, 5.41) is 9.82. The molecule has 0 aliphatic carbocycles. The number of hydrogen-bond donors (Lipinski definition) is 4. The summed E-state index contributed by atoms with van der Waals surface area (Å²) in [6, 6.07) is 9.14. The predicted octanol–water partition coefficient (Wildman–Crippen LogP) is 7.17. The zero-order valence-electron chi connectivity index (χ0n) is 27.0. The highest BCUT2D eigenvalue weighted by atomic mass is 35.5. The number of amidine groups is 1. The van der Waals surface area contributed by atoms with Crippen LogP contribution >= 0.6 is 22.6 Å². The summed E-state index contributed by atoms with van der Waals surface area (Å²) in [7, 11) is -0.0372. The van der Waals surface area contributed by atoms with E-state index in [1.54, 1.807) is 19.1 Å². The fraction of sp³-hybridized carbons (Fsp3) is 0.406. The lowest BCUT2D eigenvalue weighted by atomic mass is 9.94. The molecule has 0 bridgehead atoms. The van der Waals surface area contributed by atoms with Gasteiger partial charge < -0.3 is 25.5 Å².